The van der Waals surface area contributed by atoms with E-state index in [2.05, 4.69) is 4.74 Å². The number of benzene rings is 1. The molecule has 0 fully saturated rings. The van der Waals surface area contributed by atoms with Crippen molar-refractivity contribution in [3.05, 3.63) is 39.7 Å². The molecule has 0 aromatic heterocycles. The summed E-state index contributed by atoms with van der Waals surface area (Å²) in [4.78, 5) is 20.8. The summed E-state index contributed by atoms with van der Waals surface area (Å²) in [5.74, 6) is -1.30. The Labute approximate surface area is 108 Å². The molecule has 1 rings (SSSR count). The molecule has 100 valence electrons. The minimum atomic E-state index is -0.970. The number of non-ortho nitro benzene ring substituents is 1. The largest absolute Gasteiger partial charge is 0.469 e. The summed E-state index contributed by atoms with van der Waals surface area (Å²) in [6.45, 7) is 0. The lowest BCUT2D eigenvalue weighted by molar-refractivity contribution is -0.385. The fourth-order valence-corrected chi connectivity index (χ4v) is 1.30. The number of nitrogens with two attached hydrogens (primary N) is 1. The van der Waals surface area contributed by atoms with E-state index in [9.17, 15) is 19.3 Å². The van der Waals surface area contributed by atoms with Gasteiger partial charge in [-0.1, -0.05) is 0 Å². The number of methoxy groups -OCH3 is 1. The molecule has 0 aliphatic heterocycles. The molecule has 0 aliphatic carbocycles. The SMILES string of the molecule is COC(=O)C[C@H](N)c1cc([N+](=O)[O-])ccc1F.Cl. The molecule has 1 aromatic rings. The van der Waals surface area contributed by atoms with E-state index in [-0.39, 0.29) is 30.1 Å². The fraction of sp³-hybridized carbons (Fsp3) is 0.300. The molecule has 0 unspecified atom stereocenters. The van der Waals surface area contributed by atoms with Crippen LogP contribution in [0.5, 0.6) is 0 Å². The number of hydrogen-bond donors (Lipinski definition) is 1. The molecule has 0 heterocycles. The smallest absolute Gasteiger partial charge is 0.307 e. The number of esters is 1. The zero-order valence-electron chi connectivity index (χ0n) is 9.46. The van der Waals surface area contributed by atoms with Crippen molar-refractivity contribution in [2.75, 3.05) is 7.11 Å². The Morgan fingerprint density at radius 3 is 2.72 bits per heavy atom. The molecule has 0 bridgehead atoms. The van der Waals surface area contributed by atoms with Gasteiger partial charge in [0.15, 0.2) is 0 Å². The maximum atomic E-state index is 13.4. The van der Waals surface area contributed by atoms with Gasteiger partial charge in [0.2, 0.25) is 0 Å². The third kappa shape index (κ3) is 3.94. The number of ether oxygens (including phenoxy) is 1. The van der Waals surface area contributed by atoms with E-state index in [1.54, 1.807) is 0 Å². The van der Waals surface area contributed by atoms with Gasteiger partial charge >= 0.3 is 5.97 Å². The third-order valence-electron chi connectivity index (χ3n) is 2.20. The normalized spacial score (nSPS) is 11.3. The Bertz CT molecular complexity index is 456. The molecule has 1 aromatic carbocycles. The van der Waals surface area contributed by atoms with Gasteiger partial charge in [0.1, 0.15) is 5.82 Å². The van der Waals surface area contributed by atoms with Crippen molar-refractivity contribution in [2.24, 2.45) is 5.73 Å². The molecule has 0 saturated carbocycles. The van der Waals surface area contributed by atoms with Crippen LogP contribution in [0.25, 0.3) is 0 Å². The highest BCUT2D eigenvalue weighted by molar-refractivity contribution is 5.85. The van der Waals surface area contributed by atoms with Crippen molar-refractivity contribution in [2.45, 2.75) is 12.5 Å². The summed E-state index contributed by atoms with van der Waals surface area (Å²) < 4.78 is 17.8. The zero-order valence-corrected chi connectivity index (χ0v) is 10.3. The summed E-state index contributed by atoms with van der Waals surface area (Å²) in [5, 5.41) is 10.5. The van der Waals surface area contributed by atoms with E-state index in [0.717, 1.165) is 18.2 Å². The first-order chi connectivity index (χ1) is 7.95. The Morgan fingerprint density at radius 2 is 2.22 bits per heavy atom. The summed E-state index contributed by atoms with van der Waals surface area (Å²) in [6, 6.07) is 2.03. The average Bonchev–Trinajstić information content (AvgIpc) is 2.28. The van der Waals surface area contributed by atoms with Crippen molar-refractivity contribution in [3.63, 3.8) is 0 Å². The van der Waals surface area contributed by atoms with Gasteiger partial charge in [-0.3, -0.25) is 14.9 Å². The van der Waals surface area contributed by atoms with Crippen LogP contribution in [-0.4, -0.2) is 18.0 Å². The number of hydrogen-bond acceptors (Lipinski definition) is 5. The molecule has 18 heavy (non-hydrogen) atoms. The van der Waals surface area contributed by atoms with Gasteiger partial charge in [-0.2, -0.15) is 0 Å². The number of rotatable bonds is 4. The van der Waals surface area contributed by atoms with E-state index >= 15 is 0 Å². The maximum absolute atomic E-state index is 13.4. The second-order valence-corrected chi connectivity index (χ2v) is 3.35. The quantitative estimate of drug-likeness (QED) is 0.514. The van der Waals surface area contributed by atoms with Gasteiger partial charge in [-0.05, 0) is 6.07 Å². The number of halogens is 2. The number of nitro groups is 1. The van der Waals surface area contributed by atoms with Gasteiger partial charge in [0, 0.05) is 23.7 Å². The fourth-order valence-electron chi connectivity index (χ4n) is 1.30. The van der Waals surface area contributed by atoms with Crippen molar-refractivity contribution < 1.29 is 18.8 Å². The molecule has 0 saturated heterocycles. The standard InChI is InChI=1S/C10H11FN2O4.ClH/c1-17-10(14)5-9(12)7-4-6(13(15)16)2-3-8(7)11;/h2-4,9H,5,12H2,1H3;1H/t9-;/m0./s1. The Kier molecular flexibility index (Phi) is 6.21. The van der Waals surface area contributed by atoms with E-state index in [1.165, 1.54) is 7.11 Å². The van der Waals surface area contributed by atoms with Crippen LogP contribution >= 0.6 is 12.4 Å². The Balaban J connectivity index is 0.00000289. The first-order valence-corrected chi connectivity index (χ1v) is 4.72. The highest BCUT2D eigenvalue weighted by Gasteiger charge is 2.19. The van der Waals surface area contributed by atoms with Crippen LogP contribution in [0.4, 0.5) is 10.1 Å². The molecule has 6 nitrogen and oxygen atoms in total. The van der Waals surface area contributed by atoms with Crippen molar-refractivity contribution in [1.29, 1.82) is 0 Å². The van der Waals surface area contributed by atoms with Gasteiger partial charge < -0.3 is 10.5 Å². The molecule has 2 N–H and O–H groups in total. The molecular weight excluding hydrogens is 267 g/mol. The van der Waals surface area contributed by atoms with Crippen molar-refractivity contribution >= 4 is 24.1 Å². The molecule has 0 aliphatic rings. The highest BCUT2D eigenvalue weighted by Crippen LogP contribution is 2.23. The van der Waals surface area contributed by atoms with Gasteiger partial charge in [0.05, 0.1) is 18.5 Å². The second-order valence-electron chi connectivity index (χ2n) is 3.35. The third-order valence-corrected chi connectivity index (χ3v) is 2.20. The Hall–Kier alpha value is -1.73. The molecule has 0 amide bonds. The molecule has 8 heteroatoms. The number of nitrogens with zero attached hydrogens (tertiary/aromatic N) is 1. The van der Waals surface area contributed by atoms with Crippen LogP contribution in [0.15, 0.2) is 18.2 Å². The van der Waals surface area contributed by atoms with Crippen molar-refractivity contribution in [1.82, 2.24) is 0 Å². The van der Waals surface area contributed by atoms with Crippen molar-refractivity contribution in [3.8, 4) is 0 Å². The predicted molar refractivity (Wildman–Crippen MR) is 63.9 cm³/mol. The van der Waals surface area contributed by atoms with Gasteiger partial charge in [0.25, 0.3) is 5.69 Å². The molecule has 0 spiro atoms. The number of nitro benzene ring substituents is 1. The van der Waals surface area contributed by atoms with E-state index < -0.39 is 22.8 Å². The molecular formula is C10H12ClFN2O4. The van der Waals surface area contributed by atoms with Gasteiger partial charge in [-0.25, -0.2) is 4.39 Å². The van der Waals surface area contributed by atoms with Crippen LogP contribution in [-0.2, 0) is 9.53 Å². The minimum Gasteiger partial charge on any atom is -0.469 e. The lowest BCUT2D eigenvalue weighted by Gasteiger charge is -2.11. The molecule has 0 radical (unpaired) electrons. The van der Waals surface area contributed by atoms with Crippen LogP contribution in [0.3, 0.4) is 0 Å². The highest BCUT2D eigenvalue weighted by atomic mass is 35.5. The monoisotopic (exact) mass is 278 g/mol. The maximum Gasteiger partial charge on any atom is 0.307 e. The van der Waals surface area contributed by atoms with E-state index in [0.29, 0.717) is 0 Å². The van der Waals surface area contributed by atoms with E-state index in [4.69, 9.17) is 5.73 Å². The summed E-state index contributed by atoms with van der Waals surface area (Å²) in [5.41, 5.74) is 5.22. The first kappa shape index (κ1) is 16.3. The van der Waals surface area contributed by atoms with Gasteiger partial charge in [-0.15, -0.1) is 12.4 Å². The summed E-state index contributed by atoms with van der Waals surface area (Å²) >= 11 is 0. The van der Waals surface area contributed by atoms with Crippen LogP contribution in [0, 0.1) is 15.9 Å². The molecule has 1 atom stereocenters. The second kappa shape index (κ2) is 6.87. The zero-order chi connectivity index (χ0) is 13.0. The lowest BCUT2D eigenvalue weighted by Crippen LogP contribution is -2.17. The lowest BCUT2D eigenvalue weighted by atomic mass is 10.0. The number of carbonyl (C=O) groups is 1. The van der Waals surface area contributed by atoms with Crippen LogP contribution in [0.1, 0.15) is 18.0 Å². The van der Waals surface area contributed by atoms with Crippen LogP contribution in [0.2, 0.25) is 0 Å². The average molecular weight is 279 g/mol. The minimum absolute atomic E-state index is 0. The van der Waals surface area contributed by atoms with Crippen LogP contribution < -0.4 is 5.73 Å². The van der Waals surface area contributed by atoms with E-state index in [1.807, 2.05) is 0 Å². The summed E-state index contributed by atoms with van der Waals surface area (Å²) in [6.07, 6.45) is -0.241. The summed E-state index contributed by atoms with van der Waals surface area (Å²) in [7, 11) is 1.18. The number of carbonyl (C=O) groups excluding carboxylic acids is 1. The Morgan fingerprint density at radius 1 is 1.61 bits per heavy atom. The predicted octanol–water partition coefficient (Wildman–Crippen LogP) is 1.72. The topological polar surface area (TPSA) is 95.5 Å². The first-order valence-electron chi connectivity index (χ1n) is 4.72.